The Balaban J connectivity index is 2.48. The quantitative estimate of drug-likeness (QED) is 0.537. The Morgan fingerprint density at radius 1 is 0.941 bits per heavy atom. The molecule has 2 rings (SSSR count). The molecule has 2 fully saturated rings. The van der Waals surface area contributed by atoms with Gasteiger partial charge in [-0.2, -0.15) is 0 Å². The molecule has 0 atom stereocenters. The first kappa shape index (κ1) is 13.2. The molecule has 0 aromatic rings. The summed E-state index contributed by atoms with van der Waals surface area (Å²) < 4.78 is 21.9. The molecule has 2 aliphatic rings. The summed E-state index contributed by atoms with van der Waals surface area (Å²) >= 11 is -0.418. The molecule has 0 radical (unpaired) electrons. The van der Waals surface area contributed by atoms with Crippen molar-refractivity contribution in [2.75, 3.05) is 0 Å². The van der Waals surface area contributed by atoms with E-state index >= 15 is 0 Å². The summed E-state index contributed by atoms with van der Waals surface area (Å²) in [6.45, 7) is 6.30. The van der Waals surface area contributed by atoms with E-state index in [0.29, 0.717) is 0 Å². The van der Waals surface area contributed by atoms with Crippen LogP contribution in [0.3, 0.4) is 0 Å². The molecule has 1 spiro atoms. The van der Waals surface area contributed by atoms with Crippen LogP contribution in [0.5, 0.6) is 0 Å². The third-order valence-corrected chi connectivity index (χ3v) is 11.2. The molecule has 0 unspecified atom stereocenters. The Bertz CT molecular complexity index is 382. The summed E-state index contributed by atoms with van der Waals surface area (Å²) in [7, 11) is 0. The number of hydrogen-bond donors (Lipinski definition) is 0. The molecular formula is C9H15O6PSe. The van der Waals surface area contributed by atoms with Crippen LogP contribution in [0.15, 0.2) is 0 Å². The minimum absolute atomic E-state index is 0.418. The van der Waals surface area contributed by atoms with Crippen LogP contribution in [0.2, 0.25) is 5.82 Å². The van der Waals surface area contributed by atoms with Crippen molar-refractivity contribution in [2.45, 2.75) is 44.7 Å². The van der Waals surface area contributed by atoms with E-state index in [-0.39, 0.29) is 0 Å². The van der Waals surface area contributed by atoms with Gasteiger partial charge in [-0.25, -0.2) is 0 Å². The van der Waals surface area contributed by atoms with Crippen molar-refractivity contribution >= 4 is 32.7 Å². The van der Waals surface area contributed by atoms with Gasteiger partial charge in [-0.15, -0.1) is 0 Å². The van der Waals surface area contributed by atoms with Gasteiger partial charge in [-0.3, -0.25) is 0 Å². The Morgan fingerprint density at radius 3 is 1.47 bits per heavy atom. The number of carbonyl (C=O) groups is 2. The van der Waals surface area contributed by atoms with Gasteiger partial charge in [0.25, 0.3) is 0 Å². The molecule has 6 nitrogen and oxygen atoms in total. The summed E-state index contributed by atoms with van der Waals surface area (Å²) in [5.41, 5.74) is -2.29. The molecule has 8 heteroatoms. The molecule has 17 heavy (non-hydrogen) atoms. The molecular weight excluding hydrogens is 314 g/mol. The molecule has 0 N–H and O–H groups in total. The van der Waals surface area contributed by atoms with Crippen LogP contribution in [0, 0.1) is 0 Å². The second kappa shape index (κ2) is 3.22. The third kappa shape index (κ3) is 1.72. The monoisotopic (exact) mass is 330 g/mol. The van der Waals surface area contributed by atoms with Crippen molar-refractivity contribution in [3.8, 4) is 0 Å². The van der Waals surface area contributed by atoms with Crippen LogP contribution < -0.4 is 0 Å². The fraction of sp³-hybridized carbons (Fsp3) is 0.778. The zero-order valence-corrected chi connectivity index (χ0v) is 12.9. The van der Waals surface area contributed by atoms with E-state index in [4.69, 9.17) is 18.1 Å². The molecule has 2 saturated heterocycles. The van der Waals surface area contributed by atoms with Crippen LogP contribution in [-0.2, 0) is 27.7 Å². The van der Waals surface area contributed by atoms with Gasteiger partial charge < -0.3 is 0 Å². The summed E-state index contributed by atoms with van der Waals surface area (Å²) in [6, 6.07) is 0. The number of hydrogen-bond acceptors (Lipinski definition) is 6. The van der Waals surface area contributed by atoms with E-state index in [1.165, 1.54) is 0 Å². The Labute approximate surface area is 105 Å². The molecule has 2 aliphatic heterocycles. The molecule has 0 bridgehead atoms. The van der Waals surface area contributed by atoms with Crippen molar-refractivity contribution in [3.63, 3.8) is 0 Å². The van der Waals surface area contributed by atoms with Crippen LogP contribution in [0.25, 0.3) is 0 Å². The van der Waals surface area contributed by atoms with Crippen LogP contribution in [-0.4, -0.2) is 37.7 Å². The average Bonchev–Trinajstić information content (AvgIpc) is 2.45. The van der Waals surface area contributed by atoms with Gasteiger partial charge in [0.1, 0.15) is 0 Å². The zero-order valence-electron chi connectivity index (χ0n) is 10.3. The van der Waals surface area contributed by atoms with Crippen molar-refractivity contribution in [1.29, 1.82) is 0 Å². The topological polar surface area (TPSA) is 71.1 Å². The molecule has 2 heterocycles. The molecule has 0 saturated carbocycles. The SMILES string of the molecule is C[Se]P12(OC(=O)C(C)(C)O1)OC(=O)C(C)(C)O2. The van der Waals surface area contributed by atoms with Gasteiger partial charge in [0.15, 0.2) is 0 Å². The van der Waals surface area contributed by atoms with Crippen LogP contribution in [0.4, 0.5) is 0 Å². The number of rotatable bonds is 1. The fourth-order valence-electron chi connectivity index (χ4n) is 1.57. The molecule has 98 valence electrons. The van der Waals surface area contributed by atoms with E-state index < -0.39 is 43.9 Å². The first-order valence-corrected chi connectivity index (χ1v) is 10.9. The van der Waals surface area contributed by atoms with Gasteiger partial charge in [0.05, 0.1) is 0 Å². The van der Waals surface area contributed by atoms with E-state index in [0.717, 1.165) is 0 Å². The standard InChI is InChI=1S/C9H15O6PSe/c1-8(2)6(10)12-16(14-8,17-5)13-7(11)9(3,4)15-16/h1-5H3. The van der Waals surface area contributed by atoms with Gasteiger partial charge in [-0.05, 0) is 0 Å². The van der Waals surface area contributed by atoms with Crippen LogP contribution >= 0.6 is 6.20 Å². The molecule has 0 aliphatic carbocycles. The predicted molar refractivity (Wildman–Crippen MR) is 61.1 cm³/mol. The average molecular weight is 329 g/mol. The van der Waals surface area contributed by atoms with Gasteiger partial charge in [-0.1, -0.05) is 0 Å². The first-order valence-electron chi connectivity index (χ1n) is 5.05. The van der Waals surface area contributed by atoms with E-state index in [2.05, 4.69) is 0 Å². The van der Waals surface area contributed by atoms with Crippen LogP contribution in [0.1, 0.15) is 27.7 Å². The van der Waals surface area contributed by atoms with E-state index in [9.17, 15) is 9.59 Å². The van der Waals surface area contributed by atoms with Gasteiger partial charge in [0.2, 0.25) is 0 Å². The van der Waals surface area contributed by atoms with E-state index in [1.54, 1.807) is 33.5 Å². The van der Waals surface area contributed by atoms with Crippen molar-refractivity contribution < 1.29 is 27.7 Å². The van der Waals surface area contributed by atoms with Crippen molar-refractivity contribution in [3.05, 3.63) is 0 Å². The maximum absolute atomic E-state index is 11.8. The normalized spacial score (nSPS) is 33.8. The molecule has 0 aromatic heterocycles. The molecule has 0 amide bonds. The first-order chi connectivity index (χ1) is 7.54. The maximum atomic E-state index is 11.8. The van der Waals surface area contributed by atoms with Crippen molar-refractivity contribution in [2.24, 2.45) is 0 Å². The predicted octanol–water partition coefficient (Wildman–Crippen LogP) is 1.57. The Morgan fingerprint density at radius 2 is 1.29 bits per heavy atom. The van der Waals surface area contributed by atoms with Gasteiger partial charge in [0, 0.05) is 0 Å². The van der Waals surface area contributed by atoms with Gasteiger partial charge >= 0.3 is 105 Å². The second-order valence-corrected chi connectivity index (χ2v) is 13.5. The molecule has 0 aromatic carbocycles. The Kier molecular flexibility index (Phi) is 2.51. The summed E-state index contributed by atoms with van der Waals surface area (Å²) in [5, 5.41) is 0. The third-order valence-electron chi connectivity index (χ3n) is 2.50. The zero-order chi connectivity index (χ0) is 13.1. The number of carbonyl (C=O) groups excluding carboxylic acids is 2. The summed E-state index contributed by atoms with van der Waals surface area (Å²) in [6.07, 6.45) is -4.01. The second-order valence-electron chi connectivity index (χ2n) is 4.89. The van der Waals surface area contributed by atoms with E-state index in [1.807, 2.05) is 0 Å². The summed E-state index contributed by atoms with van der Waals surface area (Å²) in [5.74, 6) is 0.669. The van der Waals surface area contributed by atoms with Crippen molar-refractivity contribution in [1.82, 2.24) is 0 Å². The summed E-state index contributed by atoms with van der Waals surface area (Å²) in [4.78, 5) is 23.5. The fourth-order valence-corrected chi connectivity index (χ4v) is 9.79. The minimum atomic E-state index is -4.01. The Hall–Kier alpha value is -0.191.